The van der Waals surface area contributed by atoms with Crippen LogP contribution >= 0.6 is 0 Å². The van der Waals surface area contributed by atoms with Crippen molar-refractivity contribution in [2.24, 2.45) is 0 Å². The minimum Gasteiger partial charge on any atom is -0.456 e. The first-order valence-electron chi connectivity index (χ1n) is 23.2. The van der Waals surface area contributed by atoms with Gasteiger partial charge in [0.25, 0.3) is 0 Å². The standard InChI is InChI=1S/C64H43NO2/c1-63(2)52-27-15-12-24-46(52)48-32-30-40(38-54(48)63)45-34-35-51-60-58(37-36-57-59(60)50-26-14-17-29-56(50)66-57)67-62(51)61(45)65(43-22-10-5-11-23-43)44-31-33-49-47-25-13-16-28-53(47)64(55(49)39-44,41-18-6-3-7-19-41)42-20-8-4-9-21-42/h3-39H,1-2H3. The van der Waals surface area contributed by atoms with E-state index in [0.717, 1.165) is 72.1 Å². The molecule has 2 aromatic heterocycles. The molecule has 0 N–H and O–H groups in total. The number of rotatable bonds is 6. The first-order chi connectivity index (χ1) is 33.0. The van der Waals surface area contributed by atoms with Crippen LogP contribution in [0.5, 0.6) is 0 Å². The van der Waals surface area contributed by atoms with E-state index in [2.05, 4.69) is 237 Å². The van der Waals surface area contributed by atoms with E-state index < -0.39 is 5.41 Å². The third kappa shape index (κ3) is 5.23. The molecule has 0 aliphatic heterocycles. The summed E-state index contributed by atoms with van der Waals surface area (Å²) < 4.78 is 13.8. The Labute approximate surface area is 388 Å². The Balaban J connectivity index is 1.10. The molecule has 10 aromatic carbocycles. The Morgan fingerprint density at radius 2 is 0.910 bits per heavy atom. The Morgan fingerprint density at radius 1 is 0.358 bits per heavy atom. The zero-order valence-corrected chi connectivity index (χ0v) is 37.1. The summed E-state index contributed by atoms with van der Waals surface area (Å²) in [5.74, 6) is 0. The molecule has 2 aliphatic rings. The number of hydrogen-bond acceptors (Lipinski definition) is 3. The number of para-hydroxylation sites is 2. The van der Waals surface area contributed by atoms with Crippen molar-refractivity contribution in [3.63, 3.8) is 0 Å². The molecule has 0 spiro atoms. The molecular weight excluding hydrogens is 815 g/mol. The fourth-order valence-electron chi connectivity index (χ4n) is 12.0. The quantitative estimate of drug-likeness (QED) is 0.167. The van der Waals surface area contributed by atoms with E-state index >= 15 is 0 Å². The highest BCUT2D eigenvalue weighted by Gasteiger charge is 2.46. The van der Waals surface area contributed by atoms with E-state index in [4.69, 9.17) is 8.83 Å². The molecule has 0 bridgehead atoms. The van der Waals surface area contributed by atoms with Crippen molar-refractivity contribution < 1.29 is 8.83 Å². The van der Waals surface area contributed by atoms with Gasteiger partial charge in [0, 0.05) is 43.9 Å². The number of anilines is 3. The van der Waals surface area contributed by atoms with Crippen LogP contribution in [0.25, 0.3) is 77.3 Å². The number of nitrogens with zero attached hydrogens (tertiary/aromatic N) is 1. The lowest BCUT2D eigenvalue weighted by Gasteiger charge is -2.35. The summed E-state index contributed by atoms with van der Waals surface area (Å²) in [5.41, 5.74) is 20.6. The van der Waals surface area contributed by atoms with Gasteiger partial charge in [-0.15, -0.1) is 0 Å². The van der Waals surface area contributed by atoms with Gasteiger partial charge in [0.05, 0.1) is 11.1 Å². The Morgan fingerprint density at radius 3 is 1.66 bits per heavy atom. The number of hydrogen-bond donors (Lipinski definition) is 0. The molecule has 12 aromatic rings. The minimum absolute atomic E-state index is 0.175. The summed E-state index contributed by atoms with van der Waals surface area (Å²) >= 11 is 0. The van der Waals surface area contributed by atoms with Gasteiger partial charge in [-0.3, -0.25) is 0 Å². The monoisotopic (exact) mass is 857 g/mol. The van der Waals surface area contributed by atoms with Gasteiger partial charge in [0.1, 0.15) is 16.7 Å². The molecule has 67 heavy (non-hydrogen) atoms. The van der Waals surface area contributed by atoms with Crippen molar-refractivity contribution in [1.82, 2.24) is 0 Å². The number of fused-ring (bicyclic) bond motifs is 13. The SMILES string of the molecule is CC1(C)c2ccccc2-c2ccc(-c3ccc4c(oc5ccc6oc7ccccc7c6c54)c3N(c3ccccc3)c3ccc4c(c3)C(c3ccccc3)(c3ccccc3)c3ccccc3-4)cc21. The van der Waals surface area contributed by atoms with E-state index in [1.54, 1.807) is 0 Å². The average molecular weight is 858 g/mol. The first-order valence-corrected chi connectivity index (χ1v) is 23.2. The van der Waals surface area contributed by atoms with Gasteiger partial charge in [-0.1, -0.05) is 184 Å². The Hall–Kier alpha value is -8.40. The smallest absolute Gasteiger partial charge is 0.160 e. The summed E-state index contributed by atoms with van der Waals surface area (Å²) in [6.45, 7) is 4.71. The molecule has 0 saturated heterocycles. The fraction of sp³-hybridized carbons (Fsp3) is 0.0625. The molecule has 316 valence electrons. The van der Waals surface area contributed by atoms with Crippen molar-refractivity contribution in [1.29, 1.82) is 0 Å². The molecule has 0 saturated carbocycles. The van der Waals surface area contributed by atoms with Crippen molar-refractivity contribution >= 4 is 60.9 Å². The summed E-state index contributed by atoms with van der Waals surface area (Å²) in [7, 11) is 0. The van der Waals surface area contributed by atoms with Crippen LogP contribution in [0.15, 0.2) is 233 Å². The van der Waals surface area contributed by atoms with E-state index in [1.807, 2.05) is 6.07 Å². The second-order valence-electron chi connectivity index (χ2n) is 18.7. The summed E-state index contributed by atoms with van der Waals surface area (Å²) in [6.07, 6.45) is 0. The second-order valence-corrected chi connectivity index (χ2v) is 18.7. The lowest BCUT2D eigenvalue weighted by molar-refractivity contribution is 0.660. The molecule has 2 heterocycles. The van der Waals surface area contributed by atoms with Crippen LogP contribution in [-0.4, -0.2) is 0 Å². The van der Waals surface area contributed by atoms with Gasteiger partial charge in [0.2, 0.25) is 0 Å². The summed E-state index contributed by atoms with van der Waals surface area (Å²) in [6, 6.07) is 82.0. The topological polar surface area (TPSA) is 29.5 Å². The molecule has 14 rings (SSSR count). The van der Waals surface area contributed by atoms with E-state index in [-0.39, 0.29) is 5.41 Å². The molecule has 0 unspecified atom stereocenters. The van der Waals surface area contributed by atoms with E-state index in [9.17, 15) is 0 Å². The maximum absolute atomic E-state index is 7.32. The molecule has 3 heteroatoms. The maximum atomic E-state index is 7.32. The van der Waals surface area contributed by atoms with Crippen LogP contribution < -0.4 is 4.90 Å². The zero-order valence-electron chi connectivity index (χ0n) is 37.1. The predicted molar refractivity (Wildman–Crippen MR) is 276 cm³/mol. The largest absolute Gasteiger partial charge is 0.456 e. The third-order valence-electron chi connectivity index (χ3n) is 15.0. The summed E-state index contributed by atoms with van der Waals surface area (Å²) in [5, 5.41) is 4.24. The van der Waals surface area contributed by atoms with Crippen LogP contribution in [0.2, 0.25) is 0 Å². The van der Waals surface area contributed by atoms with Gasteiger partial charge in [0.15, 0.2) is 5.58 Å². The van der Waals surface area contributed by atoms with Gasteiger partial charge >= 0.3 is 0 Å². The van der Waals surface area contributed by atoms with Gasteiger partial charge in [-0.05, 0) is 116 Å². The average Bonchev–Trinajstić information content (AvgIpc) is 4.10. The third-order valence-corrected chi connectivity index (χ3v) is 15.0. The molecule has 2 aliphatic carbocycles. The van der Waals surface area contributed by atoms with E-state index in [1.165, 1.54) is 55.6 Å². The molecule has 0 radical (unpaired) electrons. The van der Waals surface area contributed by atoms with Gasteiger partial charge in [-0.25, -0.2) is 0 Å². The van der Waals surface area contributed by atoms with Crippen molar-refractivity contribution in [3.8, 4) is 33.4 Å². The van der Waals surface area contributed by atoms with Gasteiger partial charge < -0.3 is 13.7 Å². The molecule has 0 fully saturated rings. The van der Waals surface area contributed by atoms with E-state index in [0.29, 0.717) is 0 Å². The minimum atomic E-state index is -0.574. The van der Waals surface area contributed by atoms with Crippen molar-refractivity contribution in [2.75, 3.05) is 4.90 Å². The number of benzene rings is 10. The normalized spacial score (nSPS) is 14.1. The zero-order chi connectivity index (χ0) is 44.4. The van der Waals surface area contributed by atoms with Crippen LogP contribution in [-0.2, 0) is 10.8 Å². The van der Waals surface area contributed by atoms with Crippen LogP contribution in [0.4, 0.5) is 17.1 Å². The lowest BCUT2D eigenvalue weighted by Crippen LogP contribution is -2.28. The Kier molecular flexibility index (Phi) is 7.95. The molecule has 0 atom stereocenters. The number of furan rings is 2. The highest BCUT2D eigenvalue weighted by atomic mass is 16.3. The van der Waals surface area contributed by atoms with Crippen LogP contribution in [0.3, 0.4) is 0 Å². The fourth-order valence-corrected chi connectivity index (χ4v) is 12.0. The predicted octanol–water partition coefficient (Wildman–Crippen LogP) is 17.3. The van der Waals surface area contributed by atoms with Gasteiger partial charge in [-0.2, -0.15) is 0 Å². The Bertz CT molecular complexity index is 3910. The maximum Gasteiger partial charge on any atom is 0.160 e. The highest BCUT2D eigenvalue weighted by Crippen LogP contribution is 2.59. The van der Waals surface area contributed by atoms with Crippen LogP contribution in [0, 0.1) is 0 Å². The van der Waals surface area contributed by atoms with Crippen molar-refractivity contribution in [2.45, 2.75) is 24.7 Å². The lowest BCUT2D eigenvalue weighted by atomic mass is 9.67. The molecular formula is C64H43NO2. The van der Waals surface area contributed by atoms with Crippen molar-refractivity contribution in [3.05, 3.63) is 258 Å². The second kappa shape index (κ2) is 14.1. The highest BCUT2D eigenvalue weighted by molar-refractivity contribution is 6.27. The molecule has 3 nitrogen and oxygen atoms in total. The first kappa shape index (κ1) is 37.9. The van der Waals surface area contributed by atoms with Crippen LogP contribution in [0.1, 0.15) is 47.2 Å². The summed E-state index contributed by atoms with van der Waals surface area (Å²) in [4.78, 5) is 2.45. The molecule has 0 amide bonds.